The van der Waals surface area contributed by atoms with E-state index >= 15 is 0 Å². The van der Waals surface area contributed by atoms with Crippen molar-refractivity contribution in [1.82, 2.24) is 0 Å². The summed E-state index contributed by atoms with van der Waals surface area (Å²) in [5, 5.41) is 0. The molecular formula is C17H12FNO3. The van der Waals surface area contributed by atoms with Crippen LogP contribution >= 0.6 is 0 Å². The lowest BCUT2D eigenvalue weighted by molar-refractivity contribution is -0.129. The molecule has 22 heavy (non-hydrogen) atoms. The van der Waals surface area contributed by atoms with E-state index in [1.165, 1.54) is 19.2 Å². The minimum Gasteiger partial charge on any atom is -0.496 e. The Balaban J connectivity index is 1.96. The van der Waals surface area contributed by atoms with Crippen molar-refractivity contribution in [3.8, 4) is 5.75 Å². The van der Waals surface area contributed by atoms with E-state index < -0.39 is 5.97 Å². The van der Waals surface area contributed by atoms with E-state index in [1.54, 1.807) is 36.4 Å². The van der Waals surface area contributed by atoms with E-state index in [9.17, 15) is 9.18 Å². The second kappa shape index (κ2) is 5.81. The van der Waals surface area contributed by atoms with Gasteiger partial charge in [0.15, 0.2) is 5.70 Å². The molecule has 0 spiro atoms. The van der Waals surface area contributed by atoms with Gasteiger partial charge in [-0.1, -0.05) is 24.3 Å². The van der Waals surface area contributed by atoms with Crippen molar-refractivity contribution in [1.29, 1.82) is 0 Å². The molecule has 1 aliphatic heterocycles. The first-order valence-corrected chi connectivity index (χ1v) is 6.59. The molecule has 0 N–H and O–H groups in total. The Morgan fingerprint density at radius 1 is 1.14 bits per heavy atom. The molecule has 0 bridgehead atoms. The second-order valence-electron chi connectivity index (χ2n) is 4.59. The van der Waals surface area contributed by atoms with Gasteiger partial charge in [-0.05, 0) is 35.9 Å². The highest BCUT2D eigenvalue weighted by Gasteiger charge is 2.25. The predicted octanol–water partition coefficient (Wildman–Crippen LogP) is 3.18. The number of aliphatic imine (C=N–C) groups is 1. The first-order chi connectivity index (χ1) is 10.7. The molecule has 0 atom stereocenters. The zero-order chi connectivity index (χ0) is 15.5. The molecule has 0 aromatic heterocycles. The van der Waals surface area contributed by atoms with Crippen molar-refractivity contribution in [3.63, 3.8) is 0 Å². The van der Waals surface area contributed by atoms with Crippen LogP contribution in [0.3, 0.4) is 0 Å². The van der Waals surface area contributed by atoms with Crippen LogP contribution in [0.5, 0.6) is 5.75 Å². The van der Waals surface area contributed by atoms with Gasteiger partial charge in [0.1, 0.15) is 11.6 Å². The van der Waals surface area contributed by atoms with Crippen LogP contribution < -0.4 is 4.74 Å². The summed E-state index contributed by atoms with van der Waals surface area (Å²) in [5.41, 5.74) is 1.42. The summed E-state index contributed by atoms with van der Waals surface area (Å²) in [7, 11) is 1.53. The summed E-state index contributed by atoms with van der Waals surface area (Å²) in [6.07, 6.45) is 1.55. The monoisotopic (exact) mass is 297 g/mol. The molecule has 5 heteroatoms. The molecule has 1 heterocycles. The second-order valence-corrected chi connectivity index (χ2v) is 4.59. The minimum atomic E-state index is -0.551. The molecule has 0 unspecified atom stereocenters. The van der Waals surface area contributed by atoms with E-state index in [1.807, 2.05) is 6.07 Å². The first kappa shape index (κ1) is 14.0. The van der Waals surface area contributed by atoms with Crippen LogP contribution in [-0.4, -0.2) is 19.0 Å². The molecule has 3 rings (SSSR count). The van der Waals surface area contributed by atoms with Crippen molar-refractivity contribution in [2.24, 2.45) is 4.99 Å². The van der Waals surface area contributed by atoms with E-state index in [0.717, 1.165) is 0 Å². The van der Waals surface area contributed by atoms with Crippen LogP contribution in [-0.2, 0) is 9.53 Å². The zero-order valence-electron chi connectivity index (χ0n) is 11.7. The molecule has 110 valence electrons. The Morgan fingerprint density at radius 2 is 1.86 bits per heavy atom. The van der Waals surface area contributed by atoms with Crippen molar-refractivity contribution in [3.05, 3.63) is 71.2 Å². The molecule has 1 aliphatic rings. The molecule has 0 aliphatic carbocycles. The molecule has 2 aromatic rings. The number of cyclic esters (lactones) is 1. The fourth-order valence-corrected chi connectivity index (χ4v) is 2.06. The maximum Gasteiger partial charge on any atom is 0.363 e. The number of methoxy groups -OCH3 is 1. The first-order valence-electron chi connectivity index (χ1n) is 6.59. The van der Waals surface area contributed by atoms with E-state index in [2.05, 4.69) is 4.99 Å². The molecule has 2 aromatic carbocycles. The van der Waals surface area contributed by atoms with Gasteiger partial charge in [-0.2, -0.15) is 0 Å². The number of carbonyl (C=O) groups is 1. The highest BCUT2D eigenvalue weighted by molar-refractivity contribution is 6.13. The van der Waals surface area contributed by atoms with Gasteiger partial charge in [-0.3, -0.25) is 0 Å². The Kier molecular flexibility index (Phi) is 3.70. The topological polar surface area (TPSA) is 47.9 Å². The third-order valence-corrected chi connectivity index (χ3v) is 3.13. The molecule has 0 radical (unpaired) electrons. The number of halogens is 1. The van der Waals surface area contributed by atoms with Crippen LogP contribution in [0.15, 0.2) is 59.2 Å². The van der Waals surface area contributed by atoms with E-state index in [4.69, 9.17) is 9.47 Å². The molecule has 0 saturated carbocycles. The van der Waals surface area contributed by atoms with Gasteiger partial charge in [-0.25, -0.2) is 14.2 Å². The molecule has 0 amide bonds. The lowest BCUT2D eigenvalue weighted by Gasteiger charge is -2.05. The van der Waals surface area contributed by atoms with Crippen molar-refractivity contribution in [2.45, 2.75) is 0 Å². The highest BCUT2D eigenvalue weighted by Crippen LogP contribution is 2.24. The molecular weight excluding hydrogens is 285 g/mol. The van der Waals surface area contributed by atoms with Crippen LogP contribution in [0, 0.1) is 5.82 Å². The van der Waals surface area contributed by atoms with Crippen molar-refractivity contribution in [2.75, 3.05) is 7.11 Å². The molecule has 0 saturated heterocycles. The summed E-state index contributed by atoms with van der Waals surface area (Å²) in [6.45, 7) is 0. The third kappa shape index (κ3) is 2.74. The smallest absolute Gasteiger partial charge is 0.363 e. The molecule has 4 nitrogen and oxygen atoms in total. The largest absolute Gasteiger partial charge is 0.496 e. The Labute approximate surface area is 126 Å². The summed E-state index contributed by atoms with van der Waals surface area (Å²) in [4.78, 5) is 16.1. The van der Waals surface area contributed by atoms with Crippen LogP contribution in [0.4, 0.5) is 4.39 Å². The zero-order valence-corrected chi connectivity index (χ0v) is 11.7. The number of benzene rings is 2. The number of hydrogen-bond acceptors (Lipinski definition) is 4. The maximum atomic E-state index is 12.9. The number of hydrogen-bond donors (Lipinski definition) is 0. The summed E-state index contributed by atoms with van der Waals surface area (Å²) < 4.78 is 23.3. The lowest BCUT2D eigenvalue weighted by atomic mass is 10.2. The number of ether oxygens (including phenoxy) is 2. The van der Waals surface area contributed by atoms with Crippen LogP contribution in [0.1, 0.15) is 11.1 Å². The SMILES string of the molecule is COc1ccccc1C1=N/C(=C/c2ccc(F)cc2)C(=O)O1. The number of para-hydroxylation sites is 1. The third-order valence-electron chi connectivity index (χ3n) is 3.13. The number of esters is 1. The van der Waals surface area contributed by atoms with Gasteiger partial charge in [0.25, 0.3) is 0 Å². The van der Waals surface area contributed by atoms with Gasteiger partial charge in [0.2, 0.25) is 5.90 Å². The number of rotatable bonds is 3. The Hall–Kier alpha value is -2.95. The quantitative estimate of drug-likeness (QED) is 0.646. The minimum absolute atomic E-state index is 0.160. The van der Waals surface area contributed by atoms with Crippen molar-refractivity contribution < 1.29 is 18.7 Å². The fraction of sp³-hybridized carbons (Fsp3) is 0.0588. The normalized spacial score (nSPS) is 15.6. The van der Waals surface area contributed by atoms with Gasteiger partial charge < -0.3 is 9.47 Å². The maximum absolute atomic E-state index is 12.9. The van der Waals surface area contributed by atoms with E-state index in [0.29, 0.717) is 16.9 Å². The predicted molar refractivity (Wildman–Crippen MR) is 80.0 cm³/mol. The fourth-order valence-electron chi connectivity index (χ4n) is 2.06. The Morgan fingerprint density at radius 3 is 2.59 bits per heavy atom. The van der Waals surface area contributed by atoms with Crippen molar-refractivity contribution >= 4 is 17.9 Å². The highest BCUT2D eigenvalue weighted by atomic mass is 19.1. The van der Waals surface area contributed by atoms with Gasteiger partial charge in [0, 0.05) is 0 Å². The van der Waals surface area contributed by atoms with Gasteiger partial charge >= 0.3 is 5.97 Å². The summed E-state index contributed by atoms with van der Waals surface area (Å²) >= 11 is 0. The average Bonchev–Trinajstić information content (AvgIpc) is 2.90. The summed E-state index contributed by atoms with van der Waals surface area (Å²) in [6, 6.07) is 12.9. The molecule has 0 fully saturated rings. The lowest BCUT2D eigenvalue weighted by Crippen LogP contribution is -2.06. The van der Waals surface area contributed by atoms with Crippen LogP contribution in [0.25, 0.3) is 6.08 Å². The van der Waals surface area contributed by atoms with Crippen LogP contribution in [0.2, 0.25) is 0 Å². The van der Waals surface area contributed by atoms with Gasteiger partial charge in [0.05, 0.1) is 12.7 Å². The number of carbonyl (C=O) groups excluding carboxylic acids is 1. The van der Waals surface area contributed by atoms with E-state index in [-0.39, 0.29) is 17.4 Å². The number of nitrogens with zero attached hydrogens (tertiary/aromatic N) is 1. The summed E-state index contributed by atoms with van der Waals surface area (Å²) in [5.74, 6) is -0.132. The average molecular weight is 297 g/mol. The van der Waals surface area contributed by atoms with Gasteiger partial charge in [-0.15, -0.1) is 0 Å². The standard InChI is InChI=1S/C17H12FNO3/c1-21-15-5-3-2-4-13(15)16-19-14(17(20)22-16)10-11-6-8-12(18)9-7-11/h2-10H,1H3/b14-10+. The Bertz CT molecular complexity index is 779.